The number of aromatic nitrogens is 5. The molecule has 0 spiro atoms. The van der Waals surface area contributed by atoms with E-state index in [0.29, 0.717) is 12.3 Å². The van der Waals surface area contributed by atoms with E-state index in [0.717, 1.165) is 33.7 Å². The maximum absolute atomic E-state index is 10.1. The minimum atomic E-state index is 0.291. The van der Waals surface area contributed by atoms with E-state index in [-0.39, 0.29) is 0 Å². The van der Waals surface area contributed by atoms with Crippen LogP contribution < -0.4 is 0 Å². The molecule has 4 aromatic rings. The van der Waals surface area contributed by atoms with E-state index in [1.807, 2.05) is 60.1 Å². The molecule has 0 saturated carbocycles. The SMILES string of the molecule is CN(C)Cc1cc(-c2nccn2-c2ccc3n[nH]nc3c2)ccc1O. The van der Waals surface area contributed by atoms with Gasteiger partial charge in [0.05, 0.1) is 0 Å². The number of hydrogen-bond acceptors (Lipinski definition) is 5. The highest BCUT2D eigenvalue weighted by Gasteiger charge is 2.12. The van der Waals surface area contributed by atoms with Crippen molar-refractivity contribution in [1.29, 1.82) is 0 Å². The minimum Gasteiger partial charge on any atom is -0.508 e. The number of hydrogen-bond donors (Lipinski definition) is 2. The number of aromatic hydroxyl groups is 1. The zero-order chi connectivity index (χ0) is 17.4. The van der Waals surface area contributed by atoms with Gasteiger partial charge in [0.1, 0.15) is 22.6 Å². The van der Waals surface area contributed by atoms with Crippen molar-refractivity contribution in [2.75, 3.05) is 14.1 Å². The molecule has 7 nitrogen and oxygen atoms in total. The van der Waals surface area contributed by atoms with Crippen molar-refractivity contribution < 1.29 is 5.11 Å². The van der Waals surface area contributed by atoms with Gasteiger partial charge in [-0.15, -0.1) is 0 Å². The summed E-state index contributed by atoms with van der Waals surface area (Å²) in [6, 6.07) is 11.4. The Kier molecular flexibility index (Phi) is 3.70. The number of imidazole rings is 1. The molecular formula is C18H18N6O. The van der Waals surface area contributed by atoms with E-state index < -0.39 is 0 Å². The van der Waals surface area contributed by atoms with Crippen LogP contribution in [0.2, 0.25) is 0 Å². The lowest BCUT2D eigenvalue weighted by molar-refractivity contribution is 0.386. The fourth-order valence-corrected chi connectivity index (χ4v) is 2.90. The van der Waals surface area contributed by atoms with Gasteiger partial charge in [-0.3, -0.25) is 4.57 Å². The number of nitrogens with zero attached hydrogens (tertiary/aromatic N) is 5. The molecule has 0 unspecified atom stereocenters. The molecule has 25 heavy (non-hydrogen) atoms. The number of fused-ring (bicyclic) bond motifs is 1. The number of phenolic OH excluding ortho intramolecular Hbond substituents is 1. The quantitative estimate of drug-likeness (QED) is 0.599. The Morgan fingerprint density at radius 3 is 2.76 bits per heavy atom. The van der Waals surface area contributed by atoms with Crippen molar-refractivity contribution >= 4 is 11.0 Å². The molecule has 0 radical (unpaired) electrons. The number of benzene rings is 2. The second kappa shape index (κ2) is 6.03. The van der Waals surface area contributed by atoms with Crippen LogP contribution in [0.4, 0.5) is 0 Å². The van der Waals surface area contributed by atoms with Crippen LogP contribution in [0.15, 0.2) is 48.8 Å². The van der Waals surface area contributed by atoms with Crippen molar-refractivity contribution in [2.24, 2.45) is 0 Å². The molecule has 0 aliphatic heterocycles. The van der Waals surface area contributed by atoms with Gasteiger partial charge >= 0.3 is 0 Å². The highest BCUT2D eigenvalue weighted by Crippen LogP contribution is 2.28. The number of aromatic amines is 1. The molecule has 0 atom stereocenters. The average Bonchev–Trinajstić information content (AvgIpc) is 3.24. The summed E-state index contributed by atoms with van der Waals surface area (Å²) < 4.78 is 2.00. The molecule has 2 aromatic heterocycles. The molecule has 2 N–H and O–H groups in total. The Morgan fingerprint density at radius 1 is 1.08 bits per heavy atom. The maximum atomic E-state index is 10.1. The highest BCUT2D eigenvalue weighted by atomic mass is 16.3. The summed E-state index contributed by atoms with van der Waals surface area (Å²) in [5.74, 6) is 1.10. The molecule has 4 rings (SSSR count). The second-order valence-corrected chi connectivity index (χ2v) is 6.20. The van der Waals surface area contributed by atoms with Crippen LogP contribution >= 0.6 is 0 Å². The predicted octanol–water partition coefficient (Wildman–Crippen LogP) is 2.58. The van der Waals surface area contributed by atoms with Crippen LogP contribution in [0.3, 0.4) is 0 Å². The van der Waals surface area contributed by atoms with Crippen molar-refractivity contribution in [2.45, 2.75) is 6.54 Å². The smallest absolute Gasteiger partial charge is 0.144 e. The molecule has 0 amide bonds. The molecule has 0 aliphatic rings. The Hall–Kier alpha value is -3.19. The van der Waals surface area contributed by atoms with Crippen LogP contribution in [0.25, 0.3) is 28.1 Å². The van der Waals surface area contributed by atoms with Crippen molar-refractivity contribution in [3.63, 3.8) is 0 Å². The van der Waals surface area contributed by atoms with Gasteiger partial charge in [0.2, 0.25) is 0 Å². The lowest BCUT2D eigenvalue weighted by Gasteiger charge is -2.13. The van der Waals surface area contributed by atoms with Crippen LogP contribution in [-0.4, -0.2) is 49.1 Å². The largest absolute Gasteiger partial charge is 0.508 e. The summed E-state index contributed by atoms with van der Waals surface area (Å²) >= 11 is 0. The highest BCUT2D eigenvalue weighted by molar-refractivity contribution is 5.76. The first kappa shape index (κ1) is 15.3. The van der Waals surface area contributed by atoms with Crippen molar-refractivity contribution in [1.82, 2.24) is 29.9 Å². The Bertz CT molecular complexity index is 1030. The number of rotatable bonds is 4. The van der Waals surface area contributed by atoms with E-state index in [9.17, 15) is 5.11 Å². The molecular weight excluding hydrogens is 316 g/mol. The molecule has 7 heteroatoms. The number of phenols is 1. The zero-order valence-electron chi connectivity index (χ0n) is 14.0. The van der Waals surface area contributed by atoms with Crippen molar-refractivity contribution in [3.8, 4) is 22.8 Å². The van der Waals surface area contributed by atoms with Crippen LogP contribution in [0, 0.1) is 0 Å². The van der Waals surface area contributed by atoms with E-state index in [4.69, 9.17) is 0 Å². The summed E-state index contributed by atoms with van der Waals surface area (Å²) in [4.78, 5) is 6.52. The van der Waals surface area contributed by atoms with Gasteiger partial charge in [-0.2, -0.15) is 15.4 Å². The molecule has 2 heterocycles. The van der Waals surface area contributed by atoms with Gasteiger partial charge in [-0.05, 0) is 50.5 Å². The van der Waals surface area contributed by atoms with Gasteiger partial charge in [0.15, 0.2) is 0 Å². The standard InChI is InChI=1S/C18H18N6O/c1-23(2)11-13-9-12(3-6-17(13)25)18-19-7-8-24(18)14-4-5-15-16(10-14)21-22-20-15/h3-10,25H,11H2,1-2H3,(H,20,21,22). The average molecular weight is 334 g/mol. The van der Waals surface area contributed by atoms with Crippen LogP contribution in [-0.2, 0) is 6.54 Å². The zero-order valence-corrected chi connectivity index (χ0v) is 14.0. The first-order chi connectivity index (χ1) is 12.1. The molecule has 126 valence electrons. The third kappa shape index (κ3) is 2.85. The predicted molar refractivity (Wildman–Crippen MR) is 95.5 cm³/mol. The van der Waals surface area contributed by atoms with Crippen LogP contribution in [0.5, 0.6) is 5.75 Å². The second-order valence-electron chi connectivity index (χ2n) is 6.20. The Morgan fingerprint density at radius 2 is 1.92 bits per heavy atom. The van der Waals surface area contributed by atoms with Gasteiger partial charge in [-0.1, -0.05) is 0 Å². The maximum Gasteiger partial charge on any atom is 0.144 e. The van der Waals surface area contributed by atoms with E-state index in [2.05, 4.69) is 20.4 Å². The minimum absolute atomic E-state index is 0.291. The number of nitrogens with one attached hydrogen (secondary N) is 1. The topological polar surface area (TPSA) is 82.9 Å². The normalized spacial score (nSPS) is 11.5. The lowest BCUT2D eigenvalue weighted by Crippen LogP contribution is -2.11. The monoisotopic (exact) mass is 334 g/mol. The molecule has 0 aliphatic carbocycles. The fourth-order valence-electron chi connectivity index (χ4n) is 2.90. The number of H-pyrrole nitrogens is 1. The Balaban J connectivity index is 1.79. The lowest BCUT2D eigenvalue weighted by atomic mass is 10.1. The molecule has 0 saturated heterocycles. The summed E-state index contributed by atoms with van der Waals surface area (Å²) in [5, 5.41) is 20.9. The van der Waals surface area contributed by atoms with Gasteiger partial charge in [0, 0.05) is 35.8 Å². The van der Waals surface area contributed by atoms with Gasteiger partial charge in [0.25, 0.3) is 0 Å². The third-order valence-electron chi connectivity index (χ3n) is 4.04. The molecule has 0 fully saturated rings. The van der Waals surface area contributed by atoms with Crippen molar-refractivity contribution in [3.05, 3.63) is 54.4 Å². The summed E-state index contributed by atoms with van der Waals surface area (Å²) in [5.41, 5.74) is 4.39. The molecule has 0 bridgehead atoms. The van der Waals surface area contributed by atoms with Gasteiger partial charge in [-0.25, -0.2) is 4.98 Å². The molecule has 2 aromatic carbocycles. The Labute approximate surface area is 144 Å². The summed E-state index contributed by atoms with van der Waals surface area (Å²) in [6.07, 6.45) is 3.68. The first-order valence-corrected chi connectivity index (χ1v) is 7.93. The van der Waals surface area contributed by atoms with E-state index in [1.54, 1.807) is 12.3 Å². The van der Waals surface area contributed by atoms with Crippen LogP contribution in [0.1, 0.15) is 5.56 Å². The third-order valence-corrected chi connectivity index (χ3v) is 4.04. The summed E-state index contributed by atoms with van der Waals surface area (Å²) in [6.45, 7) is 0.658. The van der Waals surface area contributed by atoms with E-state index >= 15 is 0 Å². The van der Waals surface area contributed by atoms with Gasteiger partial charge < -0.3 is 10.0 Å². The fraction of sp³-hybridized carbons (Fsp3) is 0.167. The van der Waals surface area contributed by atoms with E-state index in [1.165, 1.54) is 0 Å². The summed E-state index contributed by atoms with van der Waals surface area (Å²) in [7, 11) is 3.94. The first-order valence-electron chi connectivity index (χ1n) is 7.93.